The number of carbonyl (C=O) groups is 2. The van der Waals surface area contributed by atoms with Gasteiger partial charge in [-0.05, 0) is 70.6 Å². The Morgan fingerprint density at radius 2 is 0.833 bits per heavy atom. The predicted octanol–water partition coefficient (Wildman–Crippen LogP) is 12.8. The molecule has 0 saturated heterocycles. The van der Waals surface area contributed by atoms with Crippen LogP contribution in [0.4, 0.5) is 0 Å². The van der Waals surface area contributed by atoms with Crippen molar-refractivity contribution in [2.45, 2.75) is 213 Å². The topological polar surface area (TPSA) is 72.8 Å². The molecular formula is C43H78O5. The molecule has 0 aromatic heterocycles. The molecule has 0 radical (unpaired) electrons. The summed E-state index contributed by atoms with van der Waals surface area (Å²) in [6.45, 7) is 4.10. The van der Waals surface area contributed by atoms with Crippen molar-refractivity contribution in [2.75, 3.05) is 13.2 Å². The van der Waals surface area contributed by atoms with Crippen LogP contribution in [0.3, 0.4) is 0 Å². The van der Waals surface area contributed by atoms with Crippen LogP contribution in [0.5, 0.6) is 0 Å². The molecule has 0 aliphatic rings. The second kappa shape index (κ2) is 39.6. The molecule has 0 aromatic rings. The summed E-state index contributed by atoms with van der Waals surface area (Å²) in [5, 5.41) is 9.56. The summed E-state index contributed by atoms with van der Waals surface area (Å²) in [7, 11) is 0. The maximum absolute atomic E-state index is 12.2. The highest BCUT2D eigenvalue weighted by atomic mass is 16.6. The van der Waals surface area contributed by atoms with Gasteiger partial charge in [-0.25, -0.2) is 0 Å². The zero-order chi connectivity index (χ0) is 35.0. The minimum atomic E-state index is -0.775. The van der Waals surface area contributed by atoms with E-state index in [9.17, 15) is 14.7 Å². The number of unbranched alkanes of at least 4 members (excludes halogenated alkanes) is 23. The molecule has 1 unspecified atom stereocenters. The van der Waals surface area contributed by atoms with E-state index >= 15 is 0 Å². The highest BCUT2D eigenvalue weighted by Crippen LogP contribution is 2.13. The molecular weight excluding hydrogens is 596 g/mol. The smallest absolute Gasteiger partial charge is 0.306 e. The number of ether oxygens (including phenoxy) is 2. The molecule has 0 heterocycles. The first-order valence-corrected chi connectivity index (χ1v) is 20.5. The quantitative estimate of drug-likeness (QED) is 0.0403. The molecule has 0 aliphatic carbocycles. The maximum Gasteiger partial charge on any atom is 0.306 e. The monoisotopic (exact) mass is 675 g/mol. The number of aliphatic hydroxyl groups excluding tert-OH is 1. The van der Waals surface area contributed by atoms with E-state index in [0.29, 0.717) is 12.8 Å². The minimum Gasteiger partial charge on any atom is -0.462 e. The molecule has 0 fully saturated rings. The van der Waals surface area contributed by atoms with Crippen molar-refractivity contribution in [3.8, 4) is 0 Å². The molecule has 5 heteroatoms. The Labute approximate surface area is 297 Å². The van der Waals surface area contributed by atoms with Gasteiger partial charge >= 0.3 is 11.9 Å². The Bertz CT molecular complexity index is 771. The zero-order valence-corrected chi connectivity index (χ0v) is 31.7. The first-order chi connectivity index (χ1) is 23.6. The fourth-order valence-electron chi connectivity index (χ4n) is 5.75. The third kappa shape index (κ3) is 36.9. The summed E-state index contributed by atoms with van der Waals surface area (Å²) in [4.78, 5) is 24.3. The van der Waals surface area contributed by atoms with E-state index in [0.717, 1.165) is 51.4 Å². The summed E-state index contributed by atoms with van der Waals surface area (Å²) >= 11 is 0. The van der Waals surface area contributed by atoms with E-state index in [1.807, 2.05) is 0 Å². The van der Waals surface area contributed by atoms with Crippen molar-refractivity contribution in [2.24, 2.45) is 0 Å². The van der Waals surface area contributed by atoms with Gasteiger partial charge in [0.2, 0.25) is 0 Å². The van der Waals surface area contributed by atoms with E-state index < -0.39 is 6.10 Å². The van der Waals surface area contributed by atoms with Crippen molar-refractivity contribution < 1.29 is 24.2 Å². The SMILES string of the molecule is CCCCCC=CCC=CCCCCCCCCCCCC(=O)OC(CO)COC(=O)CCCCCCCC=CCCCCCCCC. The van der Waals surface area contributed by atoms with Crippen LogP contribution >= 0.6 is 0 Å². The Morgan fingerprint density at radius 1 is 0.479 bits per heavy atom. The molecule has 0 rings (SSSR count). The molecule has 0 spiro atoms. The van der Waals surface area contributed by atoms with Gasteiger partial charge in [0.15, 0.2) is 6.10 Å². The van der Waals surface area contributed by atoms with E-state index in [4.69, 9.17) is 9.47 Å². The van der Waals surface area contributed by atoms with Gasteiger partial charge in [0.25, 0.3) is 0 Å². The summed E-state index contributed by atoms with van der Waals surface area (Å²) in [5.74, 6) is -0.602. The highest BCUT2D eigenvalue weighted by Gasteiger charge is 2.16. The number of esters is 2. The summed E-state index contributed by atoms with van der Waals surface area (Å²) in [6.07, 6.45) is 47.7. The maximum atomic E-state index is 12.2. The molecule has 0 aromatic carbocycles. The van der Waals surface area contributed by atoms with Crippen LogP contribution in [-0.2, 0) is 19.1 Å². The van der Waals surface area contributed by atoms with Crippen LogP contribution in [0.1, 0.15) is 206 Å². The Balaban J connectivity index is 3.55. The van der Waals surface area contributed by atoms with Crippen LogP contribution in [0.15, 0.2) is 36.5 Å². The molecule has 280 valence electrons. The normalized spacial score (nSPS) is 12.5. The predicted molar refractivity (Wildman–Crippen MR) is 205 cm³/mol. The van der Waals surface area contributed by atoms with E-state index in [1.54, 1.807) is 0 Å². The van der Waals surface area contributed by atoms with E-state index in [1.165, 1.54) is 128 Å². The summed E-state index contributed by atoms with van der Waals surface area (Å²) in [5.41, 5.74) is 0. The lowest BCUT2D eigenvalue weighted by atomic mass is 10.1. The van der Waals surface area contributed by atoms with Crippen LogP contribution in [0.2, 0.25) is 0 Å². The number of allylic oxidation sites excluding steroid dienone is 6. The van der Waals surface area contributed by atoms with Gasteiger partial charge in [0.1, 0.15) is 6.61 Å². The molecule has 5 nitrogen and oxygen atoms in total. The summed E-state index contributed by atoms with van der Waals surface area (Å²) in [6, 6.07) is 0. The van der Waals surface area contributed by atoms with Crippen LogP contribution in [-0.4, -0.2) is 36.4 Å². The molecule has 0 saturated carbocycles. The van der Waals surface area contributed by atoms with Gasteiger partial charge in [0.05, 0.1) is 6.61 Å². The number of hydrogen-bond donors (Lipinski definition) is 1. The van der Waals surface area contributed by atoms with Crippen molar-refractivity contribution >= 4 is 11.9 Å². The third-order valence-electron chi connectivity index (χ3n) is 8.91. The Hall–Kier alpha value is -1.88. The molecule has 1 N–H and O–H groups in total. The minimum absolute atomic E-state index is 0.0705. The van der Waals surface area contributed by atoms with Gasteiger partial charge in [-0.3, -0.25) is 9.59 Å². The van der Waals surface area contributed by atoms with Crippen molar-refractivity contribution in [1.29, 1.82) is 0 Å². The van der Waals surface area contributed by atoms with Gasteiger partial charge < -0.3 is 14.6 Å². The lowest BCUT2D eigenvalue weighted by Crippen LogP contribution is -2.28. The van der Waals surface area contributed by atoms with Crippen LogP contribution in [0.25, 0.3) is 0 Å². The van der Waals surface area contributed by atoms with Gasteiger partial charge in [0, 0.05) is 12.8 Å². The molecule has 0 aliphatic heterocycles. The Kier molecular flexibility index (Phi) is 38.0. The number of aliphatic hydroxyl groups is 1. The second-order valence-electron chi connectivity index (χ2n) is 13.7. The lowest BCUT2D eigenvalue weighted by Gasteiger charge is -2.15. The largest absolute Gasteiger partial charge is 0.462 e. The first kappa shape index (κ1) is 46.1. The fourth-order valence-corrected chi connectivity index (χ4v) is 5.75. The average Bonchev–Trinajstić information content (AvgIpc) is 3.09. The van der Waals surface area contributed by atoms with Gasteiger partial charge in [-0.1, -0.05) is 159 Å². The Morgan fingerprint density at radius 3 is 1.29 bits per heavy atom. The van der Waals surface area contributed by atoms with Crippen molar-refractivity contribution in [1.82, 2.24) is 0 Å². The lowest BCUT2D eigenvalue weighted by molar-refractivity contribution is -0.161. The van der Waals surface area contributed by atoms with Crippen molar-refractivity contribution in [3.05, 3.63) is 36.5 Å². The molecule has 1 atom stereocenters. The molecule has 48 heavy (non-hydrogen) atoms. The second-order valence-corrected chi connectivity index (χ2v) is 13.7. The number of rotatable bonds is 37. The third-order valence-corrected chi connectivity index (χ3v) is 8.91. The van der Waals surface area contributed by atoms with Gasteiger partial charge in [-0.2, -0.15) is 0 Å². The first-order valence-electron chi connectivity index (χ1n) is 20.5. The number of hydrogen-bond acceptors (Lipinski definition) is 5. The zero-order valence-electron chi connectivity index (χ0n) is 31.7. The molecule has 0 bridgehead atoms. The summed E-state index contributed by atoms with van der Waals surface area (Å²) < 4.78 is 10.6. The van der Waals surface area contributed by atoms with E-state index in [-0.39, 0.29) is 25.2 Å². The van der Waals surface area contributed by atoms with Gasteiger partial charge in [-0.15, -0.1) is 0 Å². The fraction of sp³-hybridized carbons (Fsp3) is 0.814. The van der Waals surface area contributed by atoms with Crippen LogP contribution < -0.4 is 0 Å². The van der Waals surface area contributed by atoms with Crippen molar-refractivity contribution in [3.63, 3.8) is 0 Å². The average molecular weight is 675 g/mol. The van der Waals surface area contributed by atoms with E-state index in [2.05, 4.69) is 50.3 Å². The highest BCUT2D eigenvalue weighted by molar-refractivity contribution is 5.70. The number of carbonyl (C=O) groups excluding carboxylic acids is 2. The molecule has 0 amide bonds. The standard InChI is InChI=1S/C43H78O5/c1-3-5-7-9-11-13-15-17-19-20-21-22-24-26-28-30-32-34-36-38-43(46)48-41(39-44)40-47-42(45)37-35-33-31-29-27-25-23-18-16-14-12-10-8-6-4-2/h11,13,17-19,23,41,44H,3-10,12,14-16,20-22,24-40H2,1-2H3. The van der Waals surface area contributed by atoms with Crippen LogP contribution in [0, 0.1) is 0 Å².